The van der Waals surface area contributed by atoms with Gasteiger partial charge in [0.25, 0.3) is 0 Å². The minimum atomic E-state index is -0.399. The van der Waals surface area contributed by atoms with Crippen molar-refractivity contribution >= 4 is 11.6 Å². The number of aromatic nitrogens is 2. The summed E-state index contributed by atoms with van der Waals surface area (Å²) in [6.07, 6.45) is 3.87. The summed E-state index contributed by atoms with van der Waals surface area (Å²) in [4.78, 5) is 7.95. The number of nitrogens with zero attached hydrogens (tertiary/aromatic N) is 2. The first-order chi connectivity index (χ1) is 6.61. The fraction of sp³-hybridized carbons (Fsp3) is 0.556. The average molecular weight is 196 g/mol. The van der Waals surface area contributed by atoms with E-state index in [0.29, 0.717) is 11.6 Å². The van der Waals surface area contributed by atoms with Crippen LogP contribution >= 0.6 is 0 Å². The summed E-state index contributed by atoms with van der Waals surface area (Å²) >= 11 is 0. The first kappa shape index (κ1) is 10.7. The van der Waals surface area contributed by atoms with Crippen molar-refractivity contribution in [2.24, 2.45) is 0 Å². The molecule has 0 aliphatic carbocycles. The molecule has 0 radical (unpaired) electrons. The standard InChI is InChI=1S/C9H16N4O/c1-3-9(2,6-14)13-8-7(10)11-4-5-12-8/h4-5,14H,3,6H2,1-2H3,(H2,10,11)(H,12,13). The SMILES string of the molecule is CCC(C)(CO)Nc1nccnc1N. The van der Waals surface area contributed by atoms with Crippen LogP contribution in [0.15, 0.2) is 12.4 Å². The molecule has 0 saturated heterocycles. The highest BCUT2D eigenvalue weighted by atomic mass is 16.3. The van der Waals surface area contributed by atoms with Crippen molar-refractivity contribution in [3.05, 3.63) is 12.4 Å². The molecule has 4 N–H and O–H groups in total. The lowest BCUT2D eigenvalue weighted by atomic mass is 10.0. The number of nitrogens with two attached hydrogens (primary N) is 1. The molecule has 0 spiro atoms. The van der Waals surface area contributed by atoms with Crippen molar-refractivity contribution in [1.82, 2.24) is 9.97 Å². The van der Waals surface area contributed by atoms with Gasteiger partial charge in [-0.15, -0.1) is 0 Å². The maximum Gasteiger partial charge on any atom is 0.169 e. The summed E-state index contributed by atoms with van der Waals surface area (Å²) < 4.78 is 0. The van der Waals surface area contributed by atoms with E-state index in [-0.39, 0.29) is 6.61 Å². The number of hydrogen-bond acceptors (Lipinski definition) is 5. The highest BCUT2D eigenvalue weighted by molar-refractivity contribution is 5.56. The van der Waals surface area contributed by atoms with Crippen molar-refractivity contribution in [3.8, 4) is 0 Å². The van der Waals surface area contributed by atoms with Gasteiger partial charge in [-0.25, -0.2) is 9.97 Å². The number of rotatable bonds is 4. The zero-order valence-corrected chi connectivity index (χ0v) is 8.49. The smallest absolute Gasteiger partial charge is 0.169 e. The van der Waals surface area contributed by atoms with E-state index < -0.39 is 5.54 Å². The molecule has 1 heterocycles. The number of aliphatic hydroxyl groups is 1. The molecule has 0 aromatic carbocycles. The van der Waals surface area contributed by atoms with Crippen LogP contribution < -0.4 is 11.1 Å². The van der Waals surface area contributed by atoms with E-state index in [1.165, 1.54) is 6.20 Å². The van der Waals surface area contributed by atoms with Crippen molar-refractivity contribution in [2.75, 3.05) is 17.7 Å². The molecule has 0 aliphatic heterocycles. The number of hydrogen-bond donors (Lipinski definition) is 3. The summed E-state index contributed by atoms with van der Waals surface area (Å²) in [5.74, 6) is 0.867. The number of anilines is 2. The Labute approximate surface area is 83.4 Å². The van der Waals surface area contributed by atoms with E-state index in [0.717, 1.165) is 6.42 Å². The first-order valence-electron chi connectivity index (χ1n) is 4.57. The lowest BCUT2D eigenvalue weighted by molar-refractivity contribution is 0.218. The van der Waals surface area contributed by atoms with E-state index >= 15 is 0 Å². The lowest BCUT2D eigenvalue weighted by Crippen LogP contribution is -2.38. The zero-order valence-electron chi connectivity index (χ0n) is 8.49. The van der Waals surface area contributed by atoms with E-state index in [4.69, 9.17) is 5.73 Å². The summed E-state index contributed by atoms with van der Waals surface area (Å²) in [6.45, 7) is 3.91. The Bertz CT molecular complexity index is 299. The first-order valence-corrected chi connectivity index (χ1v) is 4.57. The second kappa shape index (κ2) is 4.23. The molecule has 1 unspecified atom stereocenters. The van der Waals surface area contributed by atoms with Crippen LogP contribution in [0.3, 0.4) is 0 Å². The van der Waals surface area contributed by atoms with Gasteiger partial charge in [0.05, 0.1) is 12.1 Å². The third-order valence-electron chi connectivity index (χ3n) is 2.28. The van der Waals surface area contributed by atoms with Crippen LogP contribution in [0, 0.1) is 0 Å². The minimum absolute atomic E-state index is 0.0273. The van der Waals surface area contributed by atoms with Gasteiger partial charge in [-0.05, 0) is 13.3 Å². The fourth-order valence-corrected chi connectivity index (χ4v) is 0.971. The van der Waals surface area contributed by atoms with Gasteiger partial charge >= 0.3 is 0 Å². The Morgan fingerprint density at radius 3 is 2.64 bits per heavy atom. The monoisotopic (exact) mass is 196 g/mol. The Balaban J connectivity index is 2.82. The fourth-order valence-electron chi connectivity index (χ4n) is 0.971. The molecule has 1 aromatic rings. The number of aliphatic hydroxyl groups excluding tert-OH is 1. The summed E-state index contributed by atoms with van der Waals surface area (Å²) in [5.41, 5.74) is 5.22. The lowest BCUT2D eigenvalue weighted by Gasteiger charge is -2.27. The van der Waals surface area contributed by atoms with Gasteiger partial charge in [0.15, 0.2) is 11.6 Å². The van der Waals surface area contributed by atoms with Crippen molar-refractivity contribution in [2.45, 2.75) is 25.8 Å². The Hall–Kier alpha value is -1.36. The molecule has 5 nitrogen and oxygen atoms in total. The van der Waals surface area contributed by atoms with Crippen molar-refractivity contribution in [3.63, 3.8) is 0 Å². The minimum Gasteiger partial charge on any atom is -0.394 e. The van der Waals surface area contributed by atoms with E-state index in [9.17, 15) is 5.11 Å². The molecule has 0 amide bonds. The highest BCUT2D eigenvalue weighted by Crippen LogP contribution is 2.19. The molecular formula is C9H16N4O. The van der Waals surface area contributed by atoms with Gasteiger partial charge in [0.1, 0.15) is 0 Å². The maximum atomic E-state index is 9.19. The van der Waals surface area contributed by atoms with Crippen LogP contribution in [0.25, 0.3) is 0 Å². The third-order valence-corrected chi connectivity index (χ3v) is 2.28. The molecule has 78 valence electrons. The van der Waals surface area contributed by atoms with Gasteiger partial charge in [-0.2, -0.15) is 0 Å². The second-order valence-corrected chi connectivity index (χ2v) is 3.49. The molecular weight excluding hydrogens is 180 g/mol. The van der Waals surface area contributed by atoms with E-state index in [1.807, 2.05) is 13.8 Å². The van der Waals surface area contributed by atoms with E-state index in [1.54, 1.807) is 6.20 Å². The zero-order chi connectivity index (χ0) is 10.6. The molecule has 0 fully saturated rings. The van der Waals surface area contributed by atoms with Gasteiger partial charge in [-0.3, -0.25) is 0 Å². The van der Waals surface area contributed by atoms with Crippen LogP contribution in [0.1, 0.15) is 20.3 Å². The normalized spacial score (nSPS) is 14.8. The number of nitrogen functional groups attached to an aromatic ring is 1. The molecule has 0 bridgehead atoms. The summed E-state index contributed by atoms with van der Waals surface area (Å²) in [7, 11) is 0. The second-order valence-electron chi connectivity index (χ2n) is 3.49. The Morgan fingerprint density at radius 1 is 1.50 bits per heavy atom. The van der Waals surface area contributed by atoms with E-state index in [2.05, 4.69) is 15.3 Å². The van der Waals surface area contributed by atoms with Crippen LogP contribution in [0.5, 0.6) is 0 Å². The third kappa shape index (κ3) is 2.32. The predicted octanol–water partition coefficient (Wildman–Crippen LogP) is 0.632. The summed E-state index contributed by atoms with van der Waals surface area (Å²) in [5, 5.41) is 12.3. The summed E-state index contributed by atoms with van der Waals surface area (Å²) in [6, 6.07) is 0. The molecule has 0 saturated carbocycles. The van der Waals surface area contributed by atoms with Gasteiger partial charge in [0, 0.05) is 12.4 Å². The largest absolute Gasteiger partial charge is 0.394 e. The van der Waals surface area contributed by atoms with Crippen molar-refractivity contribution < 1.29 is 5.11 Å². The van der Waals surface area contributed by atoms with Gasteiger partial charge in [0.2, 0.25) is 0 Å². The van der Waals surface area contributed by atoms with Crippen LogP contribution in [-0.4, -0.2) is 27.2 Å². The average Bonchev–Trinajstić information content (AvgIpc) is 2.21. The van der Waals surface area contributed by atoms with Crippen LogP contribution in [0.4, 0.5) is 11.6 Å². The van der Waals surface area contributed by atoms with Gasteiger partial charge in [-0.1, -0.05) is 6.92 Å². The van der Waals surface area contributed by atoms with Crippen molar-refractivity contribution in [1.29, 1.82) is 0 Å². The van der Waals surface area contributed by atoms with Crippen LogP contribution in [0.2, 0.25) is 0 Å². The van der Waals surface area contributed by atoms with Gasteiger partial charge < -0.3 is 16.2 Å². The Morgan fingerprint density at radius 2 is 2.14 bits per heavy atom. The molecule has 1 aromatic heterocycles. The Kier molecular flexibility index (Phi) is 3.24. The molecule has 1 rings (SSSR count). The molecule has 0 aliphatic rings. The van der Waals surface area contributed by atoms with Crippen LogP contribution in [-0.2, 0) is 0 Å². The molecule has 5 heteroatoms. The highest BCUT2D eigenvalue weighted by Gasteiger charge is 2.21. The predicted molar refractivity (Wildman–Crippen MR) is 55.8 cm³/mol. The number of nitrogens with one attached hydrogen (secondary N) is 1. The molecule has 1 atom stereocenters. The quantitative estimate of drug-likeness (QED) is 0.657. The maximum absolute atomic E-state index is 9.19. The topological polar surface area (TPSA) is 84.1 Å². The molecule has 14 heavy (non-hydrogen) atoms.